The Hall–Kier alpha value is -1.63. The van der Waals surface area contributed by atoms with Gasteiger partial charge < -0.3 is 19.3 Å². The number of ether oxygens (including phenoxy) is 3. The molecule has 0 heterocycles. The highest BCUT2D eigenvalue weighted by atomic mass is 16.6. The first-order valence-electron chi connectivity index (χ1n) is 13.0. The first kappa shape index (κ1) is 25.5. The monoisotopic (exact) mass is 478 g/mol. The number of carbonyl (C=O) groups excluding carboxylic acids is 3. The van der Waals surface area contributed by atoms with E-state index in [1.165, 1.54) is 20.8 Å². The molecule has 4 aliphatic carbocycles. The maximum absolute atomic E-state index is 12.2. The Morgan fingerprint density at radius 2 is 1.56 bits per heavy atom. The molecule has 0 saturated heterocycles. The van der Waals surface area contributed by atoms with Crippen LogP contribution in [0.25, 0.3) is 0 Å². The molecule has 0 aromatic rings. The Morgan fingerprint density at radius 1 is 0.882 bits per heavy atom. The predicted octanol–water partition coefficient (Wildman–Crippen LogP) is 4.19. The van der Waals surface area contributed by atoms with Gasteiger partial charge in [-0.15, -0.1) is 0 Å². The zero-order valence-corrected chi connectivity index (χ0v) is 21.6. The summed E-state index contributed by atoms with van der Waals surface area (Å²) in [4.78, 5) is 35.5. The second kappa shape index (κ2) is 8.79. The summed E-state index contributed by atoms with van der Waals surface area (Å²) in [6, 6.07) is 0. The summed E-state index contributed by atoms with van der Waals surface area (Å²) >= 11 is 0. The summed E-state index contributed by atoms with van der Waals surface area (Å²) in [6.07, 6.45) is 5.41. The normalized spacial score (nSPS) is 46.3. The van der Waals surface area contributed by atoms with Gasteiger partial charge in [0.15, 0.2) is 0 Å². The van der Waals surface area contributed by atoms with Crippen LogP contribution in [-0.2, 0) is 28.6 Å². The van der Waals surface area contributed by atoms with Crippen LogP contribution in [0, 0.1) is 34.5 Å². The average molecular weight is 479 g/mol. The van der Waals surface area contributed by atoms with Gasteiger partial charge in [0, 0.05) is 44.4 Å². The number of esters is 3. The molecule has 0 radical (unpaired) electrons. The molecule has 0 unspecified atom stereocenters. The third-order valence-corrected chi connectivity index (χ3v) is 10.3. The lowest BCUT2D eigenvalue weighted by molar-refractivity contribution is -0.252. The zero-order chi connectivity index (χ0) is 25.1. The summed E-state index contributed by atoms with van der Waals surface area (Å²) < 4.78 is 17.2. The third kappa shape index (κ3) is 4.06. The van der Waals surface area contributed by atoms with Crippen LogP contribution in [-0.4, -0.2) is 46.9 Å². The maximum atomic E-state index is 12.2. The molecule has 0 aliphatic heterocycles. The number of aliphatic hydroxyl groups is 1. The minimum atomic E-state index is -0.957. The molecular weight excluding hydrogens is 436 g/mol. The Labute approximate surface area is 203 Å². The van der Waals surface area contributed by atoms with Crippen molar-refractivity contribution in [2.45, 2.75) is 117 Å². The minimum Gasteiger partial charge on any atom is -0.463 e. The molecule has 7 nitrogen and oxygen atoms in total. The van der Waals surface area contributed by atoms with Crippen LogP contribution >= 0.6 is 0 Å². The summed E-state index contributed by atoms with van der Waals surface area (Å²) in [6.45, 7) is 10.8. The van der Waals surface area contributed by atoms with Crippen molar-refractivity contribution < 1.29 is 33.7 Å². The highest BCUT2D eigenvalue weighted by Gasteiger charge is 2.68. The van der Waals surface area contributed by atoms with Crippen LogP contribution in [0.15, 0.2) is 0 Å². The lowest BCUT2D eigenvalue weighted by atomic mass is 9.42. The first-order valence-corrected chi connectivity index (χ1v) is 13.0. The van der Waals surface area contributed by atoms with Crippen LogP contribution in [0.5, 0.6) is 0 Å². The van der Waals surface area contributed by atoms with E-state index in [1.54, 1.807) is 0 Å². The van der Waals surface area contributed by atoms with Crippen molar-refractivity contribution in [3.8, 4) is 0 Å². The fraction of sp³-hybridized carbons (Fsp3) is 0.889. The SMILES string of the molecule is CC(=O)O[C@@H]1CC[C@]2(C)[C@@H]3[C@@H](CC[C@]2(O)C1)[C@H]1CC[C@@H]([C@@H](C)OC(C)=O)[C@]1(C)C[C@H]3OC(C)=O. The summed E-state index contributed by atoms with van der Waals surface area (Å²) in [5.41, 5.74) is -1.48. The standard InChI is InChI=1S/C27H42O7/c1-15(32-16(2)28)21-7-8-22-20-10-12-27(31)13-19(33-17(3)29)9-11-26(27,6)24(20)23(34-18(4)30)14-25(21,22)5/h15,19-24,31H,7-14H2,1-6H3/t15-,19-,20+,21+,22-,23-,24-,25+,26-,27+/m1/s1. The molecule has 0 aromatic heterocycles. The molecule has 0 spiro atoms. The minimum absolute atomic E-state index is 0.0503. The molecule has 0 amide bonds. The molecule has 4 saturated carbocycles. The van der Waals surface area contributed by atoms with Crippen LogP contribution in [0.2, 0.25) is 0 Å². The lowest BCUT2D eigenvalue weighted by Gasteiger charge is -2.65. The average Bonchev–Trinajstić information content (AvgIpc) is 3.04. The van der Waals surface area contributed by atoms with Gasteiger partial charge in [0.1, 0.15) is 18.3 Å². The molecule has 4 aliphatic rings. The second-order valence-electron chi connectivity index (χ2n) is 12.1. The molecule has 0 aromatic carbocycles. The van der Waals surface area contributed by atoms with Crippen LogP contribution in [0.4, 0.5) is 0 Å². The molecule has 34 heavy (non-hydrogen) atoms. The smallest absolute Gasteiger partial charge is 0.302 e. The first-order chi connectivity index (χ1) is 15.8. The van der Waals surface area contributed by atoms with Crippen molar-refractivity contribution in [2.75, 3.05) is 0 Å². The van der Waals surface area contributed by atoms with Crippen LogP contribution in [0.1, 0.15) is 92.9 Å². The van der Waals surface area contributed by atoms with Gasteiger partial charge in [0.05, 0.1) is 5.60 Å². The Bertz CT molecular complexity index is 841. The molecule has 7 heteroatoms. The largest absolute Gasteiger partial charge is 0.463 e. The number of carbonyl (C=O) groups is 3. The zero-order valence-electron chi connectivity index (χ0n) is 21.6. The fourth-order valence-electron chi connectivity index (χ4n) is 9.10. The van der Waals surface area contributed by atoms with E-state index in [0.717, 1.165) is 25.7 Å². The van der Waals surface area contributed by atoms with E-state index in [0.29, 0.717) is 37.5 Å². The number of hydrogen-bond acceptors (Lipinski definition) is 7. The molecule has 0 bridgehead atoms. The summed E-state index contributed by atoms with van der Waals surface area (Å²) in [5.74, 6) is 0.163. The van der Waals surface area contributed by atoms with Gasteiger partial charge in [-0.25, -0.2) is 0 Å². The van der Waals surface area contributed by atoms with Crippen molar-refractivity contribution in [1.29, 1.82) is 0 Å². The van der Waals surface area contributed by atoms with E-state index in [2.05, 4.69) is 13.8 Å². The Morgan fingerprint density at radius 3 is 2.18 bits per heavy atom. The Kier molecular flexibility index (Phi) is 6.58. The predicted molar refractivity (Wildman–Crippen MR) is 124 cm³/mol. The van der Waals surface area contributed by atoms with Crippen molar-refractivity contribution in [3.63, 3.8) is 0 Å². The van der Waals surface area contributed by atoms with E-state index >= 15 is 0 Å². The Balaban J connectivity index is 1.67. The van der Waals surface area contributed by atoms with Gasteiger partial charge in [0.25, 0.3) is 0 Å². The number of fused-ring (bicyclic) bond motifs is 5. The van der Waals surface area contributed by atoms with Crippen molar-refractivity contribution in [3.05, 3.63) is 0 Å². The van der Waals surface area contributed by atoms with Gasteiger partial charge in [-0.3, -0.25) is 14.4 Å². The van der Waals surface area contributed by atoms with Crippen molar-refractivity contribution in [2.24, 2.45) is 34.5 Å². The molecule has 4 rings (SSSR count). The number of hydrogen-bond donors (Lipinski definition) is 1. The van der Waals surface area contributed by atoms with Crippen molar-refractivity contribution >= 4 is 17.9 Å². The highest BCUT2D eigenvalue weighted by Crippen LogP contribution is 2.69. The molecular formula is C27H42O7. The second-order valence-corrected chi connectivity index (χ2v) is 12.1. The van der Waals surface area contributed by atoms with Crippen molar-refractivity contribution in [1.82, 2.24) is 0 Å². The molecule has 4 fully saturated rings. The summed E-state index contributed by atoms with van der Waals surface area (Å²) in [5, 5.41) is 12.0. The third-order valence-electron chi connectivity index (χ3n) is 10.3. The number of rotatable bonds is 4. The molecule has 192 valence electrons. The van der Waals surface area contributed by atoms with Gasteiger partial charge >= 0.3 is 17.9 Å². The summed E-state index contributed by atoms with van der Waals surface area (Å²) in [7, 11) is 0. The van der Waals surface area contributed by atoms with Gasteiger partial charge in [-0.05, 0) is 69.1 Å². The van der Waals surface area contributed by atoms with E-state index in [1.807, 2.05) is 6.92 Å². The quantitative estimate of drug-likeness (QED) is 0.478. The van der Waals surface area contributed by atoms with Gasteiger partial charge in [-0.2, -0.15) is 0 Å². The fourth-order valence-corrected chi connectivity index (χ4v) is 9.10. The van der Waals surface area contributed by atoms with E-state index < -0.39 is 11.0 Å². The molecule has 10 atom stereocenters. The van der Waals surface area contributed by atoms with Crippen LogP contribution in [0.3, 0.4) is 0 Å². The topological polar surface area (TPSA) is 99.1 Å². The maximum Gasteiger partial charge on any atom is 0.302 e. The van der Waals surface area contributed by atoms with E-state index in [-0.39, 0.29) is 53.5 Å². The lowest BCUT2D eigenvalue weighted by Crippen LogP contribution is -2.67. The van der Waals surface area contributed by atoms with Gasteiger partial charge in [0.2, 0.25) is 0 Å². The van der Waals surface area contributed by atoms with Gasteiger partial charge in [-0.1, -0.05) is 13.8 Å². The van der Waals surface area contributed by atoms with E-state index in [9.17, 15) is 19.5 Å². The van der Waals surface area contributed by atoms with E-state index in [4.69, 9.17) is 14.2 Å². The molecule has 1 N–H and O–H groups in total. The van der Waals surface area contributed by atoms with Crippen LogP contribution < -0.4 is 0 Å². The highest BCUT2D eigenvalue weighted by molar-refractivity contribution is 5.67.